The zero-order valence-corrected chi connectivity index (χ0v) is 16.0. The normalized spacial score (nSPS) is 27.6. The van der Waals surface area contributed by atoms with Crippen LogP contribution in [0.25, 0.3) is 0 Å². The van der Waals surface area contributed by atoms with Gasteiger partial charge in [-0.3, -0.25) is 15.6 Å². The highest BCUT2D eigenvalue weighted by Gasteiger charge is 2.44. The first-order valence-electron chi connectivity index (χ1n) is 8.96. The number of nitrogens with one attached hydrogen (secondary N) is 3. The summed E-state index contributed by atoms with van der Waals surface area (Å²) in [7, 11) is -3.52. The van der Waals surface area contributed by atoms with E-state index in [0.717, 1.165) is 12.1 Å². The van der Waals surface area contributed by atoms with Crippen molar-refractivity contribution in [1.82, 2.24) is 15.2 Å². The third-order valence-electron chi connectivity index (χ3n) is 5.26. The Morgan fingerprint density at radius 3 is 2.15 bits per heavy atom. The lowest BCUT2D eigenvalue weighted by atomic mass is 9.97. The van der Waals surface area contributed by atoms with Crippen LogP contribution in [0.4, 0.5) is 14.5 Å². The third kappa shape index (κ3) is 3.98. The summed E-state index contributed by atoms with van der Waals surface area (Å²) in [5.74, 6) is -2.67. The molecule has 2 fully saturated rings. The number of hydrogen-bond donors (Lipinski definition) is 3. The van der Waals surface area contributed by atoms with E-state index in [4.69, 9.17) is 0 Å². The van der Waals surface area contributed by atoms with E-state index in [-0.39, 0.29) is 25.2 Å². The minimum Gasteiger partial charge on any atom is -0.321 e. The Bertz CT molecular complexity index is 782. The number of hydrogen-bond acceptors (Lipinski definition) is 5. The van der Waals surface area contributed by atoms with Crippen LogP contribution in [0.15, 0.2) is 18.2 Å². The van der Waals surface area contributed by atoms with Crippen molar-refractivity contribution in [3.05, 3.63) is 29.8 Å². The maximum atomic E-state index is 13.7. The van der Waals surface area contributed by atoms with Gasteiger partial charge in [0.1, 0.15) is 22.6 Å². The number of nitrogens with zero attached hydrogens (tertiary/aromatic N) is 1. The number of sulfonamides is 1. The Balaban J connectivity index is 1.62. The van der Waals surface area contributed by atoms with Gasteiger partial charge < -0.3 is 5.32 Å². The fourth-order valence-electron chi connectivity index (χ4n) is 3.76. The van der Waals surface area contributed by atoms with E-state index in [1.54, 1.807) is 0 Å². The van der Waals surface area contributed by atoms with E-state index in [1.165, 1.54) is 10.4 Å². The predicted octanol–water partition coefficient (Wildman–Crippen LogP) is 1.20. The fourth-order valence-corrected chi connectivity index (χ4v) is 6.00. The molecule has 2 atom stereocenters. The van der Waals surface area contributed by atoms with Crippen LogP contribution in [0.5, 0.6) is 0 Å². The number of carbonyl (C=O) groups is 1. The second kappa shape index (κ2) is 7.78. The average Bonchev–Trinajstić information content (AvgIpc) is 2.97. The fraction of sp³-hybridized carbons (Fsp3) is 0.588. The van der Waals surface area contributed by atoms with Crippen LogP contribution in [-0.2, 0) is 14.8 Å². The van der Waals surface area contributed by atoms with E-state index in [1.807, 2.05) is 13.8 Å². The van der Waals surface area contributed by atoms with E-state index >= 15 is 0 Å². The van der Waals surface area contributed by atoms with Crippen LogP contribution in [0.2, 0.25) is 0 Å². The summed E-state index contributed by atoms with van der Waals surface area (Å²) in [5, 5.41) is 1.71. The Kier molecular flexibility index (Phi) is 5.80. The summed E-state index contributed by atoms with van der Waals surface area (Å²) >= 11 is 0. The number of piperidine rings is 1. The molecule has 3 rings (SSSR count). The number of rotatable bonds is 4. The highest BCUT2D eigenvalue weighted by atomic mass is 32.2. The maximum Gasteiger partial charge on any atom is 0.227 e. The molecule has 2 heterocycles. The number of carbonyl (C=O) groups excluding carboxylic acids is 1. The zero-order chi connectivity index (χ0) is 19.8. The summed E-state index contributed by atoms with van der Waals surface area (Å²) in [6.07, 6.45) is 0.606. The summed E-state index contributed by atoms with van der Waals surface area (Å²) in [5.41, 5.74) is 5.41. The first-order valence-corrected chi connectivity index (χ1v) is 10.5. The highest BCUT2D eigenvalue weighted by molar-refractivity contribution is 7.89. The van der Waals surface area contributed by atoms with Crippen molar-refractivity contribution in [2.75, 3.05) is 18.4 Å². The van der Waals surface area contributed by atoms with E-state index in [2.05, 4.69) is 16.2 Å². The van der Waals surface area contributed by atoms with Gasteiger partial charge in [-0.1, -0.05) is 6.07 Å². The van der Waals surface area contributed by atoms with Crippen LogP contribution in [-0.4, -0.2) is 49.1 Å². The Labute approximate surface area is 157 Å². The standard InChI is InChI=1S/C17H24F2N4O3S/c1-10-16(11(2)22-21-10)27(25,26)23-8-6-12(7-9-23)17(24)20-15-13(18)4-3-5-14(15)19/h3-5,10-12,16,21-22H,6-9H2,1-2H3,(H,20,24). The summed E-state index contributed by atoms with van der Waals surface area (Å²) in [6.45, 7) is 4.02. The molecule has 2 saturated heterocycles. The van der Waals surface area contributed by atoms with Crippen molar-refractivity contribution < 1.29 is 22.0 Å². The molecule has 0 radical (unpaired) electrons. The van der Waals surface area contributed by atoms with Crippen molar-refractivity contribution in [2.45, 2.75) is 44.0 Å². The molecule has 27 heavy (non-hydrogen) atoms. The molecule has 0 saturated carbocycles. The zero-order valence-electron chi connectivity index (χ0n) is 15.2. The van der Waals surface area contributed by atoms with Crippen LogP contribution >= 0.6 is 0 Å². The van der Waals surface area contributed by atoms with Gasteiger partial charge in [-0.2, -0.15) is 0 Å². The molecule has 2 unspecified atom stereocenters. The van der Waals surface area contributed by atoms with Gasteiger partial charge in [-0.25, -0.2) is 21.5 Å². The molecule has 1 amide bonds. The number of amides is 1. The second-order valence-electron chi connectivity index (χ2n) is 7.13. The van der Waals surface area contributed by atoms with Crippen molar-refractivity contribution in [2.24, 2.45) is 5.92 Å². The van der Waals surface area contributed by atoms with E-state index < -0.39 is 44.4 Å². The molecular formula is C17H24F2N4O3S. The molecular weight excluding hydrogens is 378 g/mol. The third-order valence-corrected chi connectivity index (χ3v) is 7.85. The van der Waals surface area contributed by atoms with Gasteiger partial charge in [-0.15, -0.1) is 0 Å². The van der Waals surface area contributed by atoms with Gasteiger partial charge in [0.15, 0.2) is 0 Å². The molecule has 1 aromatic rings. The second-order valence-corrected chi connectivity index (χ2v) is 9.23. The maximum absolute atomic E-state index is 13.7. The van der Waals surface area contributed by atoms with Crippen LogP contribution < -0.4 is 16.2 Å². The van der Waals surface area contributed by atoms with Gasteiger partial charge in [0.05, 0.1) is 0 Å². The molecule has 2 aliphatic heterocycles. The number of anilines is 1. The molecule has 10 heteroatoms. The van der Waals surface area contributed by atoms with Crippen molar-refractivity contribution in [1.29, 1.82) is 0 Å². The van der Waals surface area contributed by atoms with Crippen LogP contribution in [0.1, 0.15) is 26.7 Å². The van der Waals surface area contributed by atoms with Crippen LogP contribution in [0, 0.1) is 17.6 Å². The Morgan fingerprint density at radius 1 is 1.11 bits per heavy atom. The topological polar surface area (TPSA) is 90.5 Å². The SMILES string of the molecule is CC1NNC(C)C1S(=O)(=O)N1CCC(C(=O)Nc2c(F)cccc2F)CC1. The van der Waals surface area contributed by atoms with Crippen molar-refractivity contribution >= 4 is 21.6 Å². The summed E-state index contributed by atoms with van der Waals surface area (Å²) < 4.78 is 54.6. The van der Waals surface area contributed by atoms with Crippen LogP contribution in [0.3, 0.4) is 0 Å². The molecule has 2 aliphatic rings. The minimum absolute atomic E-state index is 0.204. The van der Waals surface area contributed by atoms with Gasteiger partial charge >= 0.3 is 0 Å². The Hall–Kier alpha value is -1.62. The first kappa shape index (κ1) is 20.1. The largest absolute Gasteiger partial charge is 0.321 e. The average molecular weight is 402 g/mol. The van der Waals surface area contributed by atoms with Gasteiger partial charge in [0.25, 0.3) is 0 Å². The Morgan fingerprint density at radius 2 is 1.63 bits per heavy atom. The lowest BCUT2D eigenvalue weighted by molar-refractivity contribution is -0.121. The molecule has 0 bridgehead atoms. The minimum atomic E-state index is -3.52. The van der Waals surface area contributed by atoms with Gasteiger partial charge in [-0.05, 0) is 38.8 Å². The monoisotopic (exact) mass is 402 g/mol. The molecule has 3 N–H and O–H groups in total. The quantitative estimate of drug-likeness (QED) is 0.704. The van der Waals surface area contributed by atoms with E-state index in [0.29, 0.717) is 12.8 Å². The highest BCUT2D eigenvalue weighted by Crippen LogP contribution is 2.27. The molecule has 0 spiro atoms. The predicted molar refractivity (Wildman–Crippen MR) is 97.2 cm³/mol. The summed E-state index contributed by atoms with van der Waals surface area (Å²) in [6, 6.07) is 2.91. The van der Waals surface area contributed by atoms with Gasteiger partial charge in [0.2, 0.25) is 15.9 Å². The number of benzene rings is 1. The molecule has 0 aliphatic carbocycles. The van der Waals surface area contributed by atoms with Crippen molar-refractivity contribution in [3.8, 4) is 0 Å². The number of para-hydroxylation sites is 1. The first-order chi connectivity index (χ1) is 12.7. The number of halogens is 2. The summed E-state index contributed by atoms with van der Waals surface area (Å²) in [4.78, 5) is 12.4. The lowest BCUT2D eigenvalue weighted by Gasteiger charge is -2.33. The number of hydrazine groups is 1. The molecule has 0 aromatic heterocycles. The molecule has 150 valence electrons. The van der Waals surface area contributed by atoms with E-state index in [9.17, 15) is 22.0 Å². The lowest BCUT2D eigenvalue weighted by Crippen LogP contribution is -2.50. The van der Waals surface area contributed by atoms with Crippen molar-refractivity contribution in [3.63, 3.8) is 0 Å². The molecule has 1 aromatic carbocycles. The smallest absolute Gasteiger partial charge is 0.227 e. The van der Waals surface area contributed by atoms with Gasteiger partial charge in [0, 0.05) is 31.1 Å². The molecule has 7 nitrogen and oxygen atoms in total.